The van der Waals surface area contributed by atoms with Crippen molar-refractivity contribution in [2.75, 3.05) is 6.54 Å². The Morgan fingerprint density at radius 3 is 2.53 bits per heavy atom. The number of nitrogens with two attached hydrogens (primary N) is 1. The van der Waals surface area contributed by atoms with Gasteiger partial charge in [-0.2, -0.15) is 0 Å². The van der Waals surface area contributed by atoms with Gasteiger partial charge in [-0.25, -0.2) is 8.78 Å². The molecular formula is C11H12F2N2O2. The van der Waals surface area contributed by atoms with E-state index in [9.17, 15) is 18.4 Å². The van der Waals surface area contributed by atoms with Gasteiger partial charge in [0.25, 0.3) is 0 Å². The molecule has 6 heteroatoms. The maximum atomic E-state index is 12.8. The van der Waals surface area contributed by atoms with Crippen LogP contribution in [0.4, 0.5) is 8.78 Å². The molecule has 0 bridgehead atoms. The molecule has 0 aliphatic heterocycles. The summed E-state index contributed by atoms with van der Waals surface area (Å²) in [6.07, 6.45) is 0.347. The van der Waals surface area contributed by atoms with Gasteiger partial charge in [0, 0.05) is 6.42 Å². The quantitative estimate of drug-likeness (QED) is 0.789. The molecule has 4 nitrogen and oxygen atoms in total. The molecule has 17 heavy (non-hydrogen) atoms. The average Bonchev–Trinajstić information content (AvgIpc) is 2.28. The third kappa shape index (κ3) is 4.58. The van der Waals surface area contributed by atoms with Gasteiger partial charge in [-0.3, -0.25) is 9.59 Å². The average molecular weight is 242 g/mol. The van der Waals surface area contributed by atoms with Crippen LogP contribution in [0.25, 0.3) is 0 Å². The number of carbonyl (C=O) groups excluding carboxylic acids is 2. The third-order valence-electron chi connectivity index (χ3n) is 2.08. The predicted octanol–water partition coefficient (Wildman–Crippen LogP) is 0.499. The molecule has 0 unspecified atom stereocenters. The van der Waals surface area contributed by atoms with Crippen molar-refractivity contribution in [1.29, 1.82) is 0 Å². The summed E-state index contributed by atoms with van der Waals surface area (Å²) < 4.78 is 25.4. The minimum atomic E-state index is -0.944. The number of halogens is 2. The second-order valence-electron chi connectivity index (χ2n) is 3.49. The molecule has 0 aliphatic carbocycles. The lowest BCUT2D eigenvalue weighted by atomic mass is 10.1. The highest BCUT2D eigenvalue weighted by Crippen LogP contribution is 2.10. The van der Waals surface area contributed by atoms with Crippen molar-refractivity contribution < 1.29 is 18.4 Å². The summed E-state index contributed by atoms with van der Waals surface area (Å²) in [4.78, 5) is 21.6. The number of benzene rings is 1. The Morgan fingerprint density at radius 1 is 1.24 bits per heavy atom. The van der Waals surface area contributed by atoms with Gasteiger partial charge in [-0.05, 0) is 24.1 Å². The lowest BCUT2D eigenvalue weighted by molar-refractivity contribution is -0.124. The minimum absolute atomic E-state index is 0.0817. The molecule has 0 fully saturated rings. The second kappa shape index (κ2) is 5.93. The molecular weight excluding hydrogens is 230 g/mol. The molecule has 3 N–H and O–H groups in total. The summed E-state index contributed by atoms with van der Waals surface area (Å²) in [6, 6.07) is 3.45. The van der Waals surface area contributed by atoms with Crippen LogP contribution in [0.2, 0.25) is 0 Å². The molecule has 0 atom stereocenters. The van der Waals surface area contributed by atoms with Crippen molar-refractivity contribution in [1.82, 2.24) is 5.32 Å². The van der Waals surface area contributed by atoms with Crippen molar-refractivity contribution >= 4 is 11.8 Å². The number of primary amides is 1. The van der Waals surface area contributed by atoms with Crippen molar-refractivity contribution in [2.24, 2.45) is 5.73 Å². The molecule has 0 spiro atoms. The van der Waals surface area contributed by atoms with E-state index in [1.807, 2.05) is 0 Å². The summed E-state index contributed by atoms with van der Waals surface area (Å²) in [6.45, 7) is -0.226. The summed E-state index contributed by atoms with van der Waals surface area (Å²) in [5.41, 5.74) is 5.35. The Kier molecular flexibility index (Phi) is 4.56. The van der Waals surface area contributed by atoms with E-state index in [4.69, 9.17) is 5.73 Å². The fraction of sp³-hybridized carbons (Fsp3) is 0.273. The summed E-state index contributed by atoms with van der Waals surface area (Å²) in [7, 11) is 0. The molecule has 1 aromatic carbocycles. The number of hydrogen-bond acceptors (Lipinski definition) is 2. The highest BCUT2D eigenvalue weighted by atomic mass is 19.2. The molecule has 0 saturated heterocycles. The van der Waals surface area contributed by atoms with Crippen LogP contribution in [-0.4, -0.2) is 18.4 Å². The predicted molar refractivity (Wildman–Crippen MR) is 56.9 cm³/mol. The van der Waals surface area contributed by atoms with Crippen LogP contribution in [0.5, 0.6) is 0 Å². The van der Waals surface area contributed by atoms with E-state index in [0.717, 1.165) is 12.1 Å². The van der Waals surface area contributed by atoms with E-state index in [1.165, 1.54) is 6.07 Å². The zero-order valence-electron chi connectivity index (χ0n) is 9.00. The molecule has 0 aromatic heterocycles. The van der Waals surface area contributed by atoms with Crippen molar-refractivity contribution in [3.8, 4) is 0 Å². The number of hydrogen-bond donors (Lipinski definition) is 2. The summed E-state index contributed by atoms with van der Waals surface area (Å²) in [5.74, 6) is -2.87. The van der Waals surface area contributed by atoms with Crippen LogP contribution >= 0.6 is 0 Å². The second-order valence-corrected chi connectivity index (χ2v) is 3.49. The highest BCUT2D eigenvalue weighted by molar-refractivity contribution is 5.83. The molecule has 0 saturated carbocycles. The molecule has 0 heterocycles. The minimum Gasteiger partial charge on any atom is -0.368 e. The van der Waals surface area contributed by atoms with Crippen molar-refractivity contribution in [3.63, 3.8) is 0 Å². The van der Waals surface area contributed by atoms with Crippen LogP contribution in [0.15, 0.2) is 18.2 Å². The molecule has 92 valence electrons. The van der Waals surface area contributed by atoms with Crippen LogP contribution in [0, 0.1) is 11.6 Å². The van der Waals surface area contributed by atoms with Gasteiger partial charge in [0.05, 0.1) is 6.54 Å². The molecule has 1 aromatic rings. The standard InChI is InChI=1S/C11H12F2N2O2/c12-8-3-1-7(5-9(8)13)2-4-11(17)15-6-10(14)16/h1,3,5H,2,4,6H2,(H2,14,16)(H,15,17). The van der Waals surface area contributed by atoms with E-state index >= 15 is 0 Å². The van der Waals surface area contributed by atoms with Crippen LogP contribution in [0.3, 0.4) is 0 Å². The van der Waals surface area contributed by atoms with Gasteiger partial charge < -0.3 is 11.1 Å². The first kappa shape index (κ1) is 13.1. The number of amides is 2. The summed E-state index contributed by atoms with van der Waals surface area (Å²) in [5, 5.41) is 2.30. The third-order valence-corrected chi connectivity index (χ3v) is 2.08. The zero-order valence-corrected chi connectivity index (χ0v) is 9.00. The monoisotopic (exact) mass is 242 g/mol. The Bertz CT molecular complexity index is 435. The summed E-state index contributed by atoms with van der Waals surface area (Å²) >= 11 is 0. The van der Waals surface area contributed by atoms with Crippen LogP contribution in [-0.2, 0) is 16.0 Å². The number of rotatable bonds is 5. The normalized spacial score (nSPS) is 10.0. The molecule has 0 radical (unpaired) electrons. The fourth-order valence-corrected chi connectivity index (χ4v) is 1.23. The zero-order chi connectivity index (χ0) is 12.8. The smallest absolute Gasteiger partial charge is 0.236 e. The SMILES string of the molecule is NC(=O)CNC(=O)CCc1ccc(F)c(F)c1. The fourth-order valence-electron chi connectivity index (χ4n) is 1.23. The van der Waals surface area contributed by atoms with Crippen LogP contribution < -0.4 is 11.1 Å². The molecule has 1 rings (SSSR count). The Hall–Kier alpha value is -1.98. The number of carbonyl (C=O) groups is 2. The number of aryl methyl sites for hydroxylation is 1. The topological polar surface area (TPSA) is 72.2 Å². The van der Waals surface area contributed by atoms with E-state index < -0.39 is 17.5 Å². The van der Waals surface area contributed by atoms with Crippen LogP contribution in [0.1, 0.15) is 12.0 Å². The van der Waals surface area contributed by atoms with Gasteiger partial charge in [0.1, 0.15) is 0 Å². The van der Waals surface area contributed by atoms with E-state index in [1.54, 1.807) is 0 Å². The van der Waals surface area contributed by atoms with Crippen molar-refractivity contribution in [3.05, 3.63) is 35.4 Å². The van der Waals surface area contributed by atoms with E-state index in [0.29, 0.717) is 5.56 Å². The maximum absolute atomic E-state index is 12.8. The molecule has 2 amide bonds. The molecule has 0 aliphatic rings. The highest BCUT2D eigenvalue weighted by Gasteiger charge is 2.06. The van der Waals surface area contributed by atoms with Gasteiger partial charge in [-0.1, -0.05) is 6.07 Å². The number of nitrogens with one attached hydrogen (secondary N) is 1. The maximum Gasteiger partial charge on any atom is 0.236 e. The Labute approximate surface area is 96.8 Å². The van der Waals surface area contributed by atoms with Crippen molar-refractivity contribution in [2.45, 2.75) is 12.8 Å². The lowest BCUT2D eigenvalue weighted by Gasteiger charge is -2.03. The van der Waals surface area contributed by atoms with Gasteiger partial charge >= 0.3 is 0 Å². The first-order valence-corrected chi connectivity index (χ1v) is 4.98. The van der Waals surface area contributed by atoms with E-state index in [2.05, 4.69) is 5.32 Å². The Morgan fingerprint density at radius 2 is 1.94 bits per heavy atom. The largest absolute Gasteiger partial charge is 0.368 e. The first-order chi connectivity index (χ1) is 7.99. The lowest BCUT2D eigenvalue weighted by Crippen LogP contribution is -2.33. The van der Waals surface area contributed by atoms with Gasteiger partial charge in [-0.15, -0.1) is 0 Å². The Balaban J connectivity index is 2.42. The van der Waals surface area contributed by atoms with E-state index in [-0.39, 0.29) is 25.3 Å². The van der Waals surface area contributed by atoms with Gasteiger partial charge in [0.15, 0.2) is 11.6 Å². The first-order valence-electron chi connectivity index (χ1n) is 4.98. The van der Waals surface area contributed by atoms with Gasteiger partial charge in [0.2, 0.25) is 11.8 Å².